The molecule has 5 rings (SSSR count). The summed E-state index contributed by atoms with van der Waals surface area (Å²) in [6.45, 7) is 16.9. The highest BCUT2D eigenvalue weighted by atomic mass is 35.5. The second-order valence-corrected chi connectivity index (χ2v) is 14.3. The molecule has 2 aliphatic rings. The number of piperidine rings is 1. The van der Waals surface area contributed by atoms with Crippen LogP contribution in [0.5, 0.6) is 0 Å². The van der Waals surface area contributed by atoms with Crippen molar-refractivity contribution in [3.05, 3.63) is 68.6 Å². The van der Waals surface area contributed by atoms with Crippen LogP contribution in [-0.4, -0.2) is 65.3 Å². The van der Waals surface area contributed by atoms with Crippen LogP contribution in [0.4, 0.5) is 0 Å². The third kappa shape index (κ3) is 6.41. The van der Waals surface area contributed by atoms with Gasteiger partial charge in [0.1, 0.15) is 0 Å². The van der Waals surface area contributed by atoms with E-state index in [1.54, 1.807) is 6.92 Å². The van der Waals surface area contributed by atoms with Crippen LogP contribution in [-0.2, 0) is 9.59 Å². The fourth-order valence-electron chi connectivity index (χ4n) is 7.08. The van der Waals surface area contributed by atoms with Crippen molar-refractivity contribution in [2.45, 2.75) is 79.3 Å². The number of hydrogen-bond acceptors (Lipinski definition) is 4. The SMILES string of the molecule is CC(=O)N1CCC(CC(=O)N2CCCN(C(c3ccc(Cl)cc3C)c3sc4c(C)cccc4c3C)C[C@@H]2C(C)C)CC1. The van der Waals surface area contributed by atoms with Crippen molar-refractivity contribution in [1.29, 1.82) is 0 Å². The van der Waals surface area contributed by atoms with E-state index < -0.39 is 0 Å². The van der Waals surface area contributed by atoms with Crippen LogP contribution in [0, 0.1) is 32.6 Å². The first-order chi connectivity index (χ1) is 20.0. The fraction of sp³-hybridized carbons (Fsp3) is 0.543. The van der Waals surface area contributed by atoms with Gasteiger partial charge >= 0.3 is 0 Å². The Hall–Kier alpha value is -2.41. The summed E-state index contributed by atoms with van der Waals surface area (Å²) in [6.07, 6.45) is 3.37. The number of carbonyl (C=O) groups is 2. The monoisotopic (exact) mass is 607 g/mol. The Kier molecular flexibility index (Phi) is 9.66. The molecule has 2 atom stereocenters. The van der Waals surface area contributed by atoms with Gasteiger partial charge in [-0.05, 0) is 91.6 Å². The van der Waals surface area contributed by atoms with Gasteiger partial charge in [0.25, 0.3) is 0 Å². The molecule has 2 saturated heterocycles. The molecule has 0 N–H and O–H groups in total. The van der Waals surface area contributed by atoms with Crippen LogP contribution < -0.4 is 0 Å². The van der Waals surface area contributed by atoms with E-state index in [1.807, 2.05) is 22.3 Å². The fourth-order valence-corrected chi connectivity index (χ4v) is 8.74. The van der Waals surface area contributed by atoms with Gasteiger partial charge in [-0.3, -0.25) is 14.5 Å². The van der Waals surface area contributed by atoms with Crippen molar-refractivity contribution >= 4 is 44.8 Å². The van der Waals surface area contributed by atoms with Gasteiger partial charge in [0.05, 0.1) is 6.04 Å². The predicted molar refractivity (Wildman–Crippen MR) is 175 cm³/mol. The Balaban J connectivity index is 1.45. The molecule has 42 heavy (non-hydrogen) atoms. The van der Waals surface area contributed by atoms with Gasteiger partial charge in [-0.25, -0.2) is 0 Å². The average Bonchev–Trinajstić information content (AvgIpc) is 3.12. The Morgan fingerprint density at radius 1 is 1.00 bits per heavy atom. The highest BCUT2D eigenvalue weighted by molar-refractivity contribution is 7.19. The third-order valence-corrected chi connectivity index (χ3v) is 11.3. The third-order valence-electron chi connectivity index (χ3n) is 9.62. The number of hydrogen-bond donors (Lipinski definition) is 0. The average molecular weight is 608 g/mol. The number of nitrogens with zero attached hydrogens (tertiary/aromatic N) is 3. The molecule has 7 heteroatoms. The van der Waals surface area contributed by atoms with Gasteiger partial charge in [0, 0.05) is 66.7 Å². The first-order valence-electron chi connectivity index (χ1n) is 15.6. The highest BCUT2D eigenvalue weighted by Crippen LogP contribution is 2.43. The number of rotatable bonds is 6. The number of carbonyl (C=O) groups excluding carboxylic acids is 2. The van der Waals surface area contributed by atoms with Gasteiger partial charge in [0.15, 0.2) is 0 Å². The summed E-state index contributed by atoms with van der Waals surface area (Å²) in [5.74, 6) is 1.12. The molecule has 1 unspecified atom stereocenters. The van der Waals surface area contributed by atoms with Crippen molar-refractivity contribution < 1.29 is 9.59 Å². The Labute approximate surface area is 260 Å². The Morgan fingerprint density at radius 2 is 1.74 bits per heavy atom. The minimum atomic E-state index is 0.103. The van der Waals surface area contributed by atoms with E-state index in [9.17, 15) is 9.59 Å². The summed E-state index contributed by atoms with van der Waals surface area (Å²) in [5, 5.41) is 2.11. The lowest BCUT2D eigenvalue weighted by molar-refractivity contribution is -0.136. The number of fused-ring (bicyclic) bond motifs is 1. The van der Waals surface area contributed by atoms with E-state index in [0.29, 0.717) is 18.3 Å². The van der Waals surface area contributed by atoms with Crippen molar-refractivity contribution in [2.24, 2.45) is 11.8 Å². The zero-order valence-corrected chi connectivity index (χ0v) is 27.7. The van der Waals surface area contributed by atoms with Crippen LogP contribution >= 0.6 is 22.9 Å². The van der Waals surface area contributed by atoms with Gasteiger partial charge in [-0.2, -0.15) is 0 Å². The van der Waals surface area contributed by atoms with E-state index in [2.05, 4.69) is 74.8 Å². The largest absolute Gasteiger partial charge is 0.343 e. The van der Waals surface area contributed by atoms with Crippen molar-refractivity contribution in [1.82, 2.24) is 14.7 Å². The zero-order valence-electron chi connectivity index (χ0n) is 26.1. The molecular formula is C35H46ClN3O2S. The number of amides is 2. The van der Waals surface area contributed by atoms with Gasteiger partial charge in [-0.1, -0.05) is 49.7 Å². The van der Waals surface area contributed by atoms with Crippen LogP contribution in [0.3, 0.4) is 0 Å². The molecule has 5 nitrogen and oxygen atoms in total. The summed E-state index contributed by atoms with van der Waals surface area (Å²) in [5.41, 5.74) is 5.18. The van der Waals surface area contributed by atoms with Gasteiger partial charge < -0.3 is 9.80 Å². The number of halogens is 1. The molecule has 2 amide bonds. The van der Waals surface area contributed by atoms with Gasteiger partial charge in [0.2, 0.25) is 11.8 Å². The standard InChI is InChI=1S/C35H46ClN3O2S/c1-22(2)31-21-38(15-8-16-39(31)32(41)20-27-13-17-37(18-14-27)26(6)40)33(29-12-11-28(36)19-24(29)4)35-25(5)30-10-7-9-23(3)34(30)42-35/h7,9-12,19,22,27,31,33H,8,13-18,20-21H2,1-6H3/t31-,33?/m1/s1. The molecule has 2 fully saturated rings. The molecule has 0 radical (unpaired) electrons. The number of likely N-dealkylation sites (tertiary alicyclic amines) is 1. The first kappa shape index (κ1) is 31.0. The maximum absolute atomic E-state index is 13.9. The van der Waals surface area contributed by atoms with Crippen molar-refractivity contribution in [3.63, 3.8) is 0 Å². The van der Waals surface area contributed by atoms with Crippen LogP contribution in [0.2, 0.25) is 5.02 Å². The van der Waals surface area contributed by atoms with Crippen LogP contribution in [0.15, 0.2) is 36.4 Å². The van der Waals surface area contributed by atoms with Crippen molar-refractivity contribution in [3.8, 4) is 0 Å². The van der Waals surface area contributed by atoms with E-state index >= 15 is 0 Å². The summed E-state index contributed by atoms with van der Waals surface area (Å²) in [6, 6.07) is 13.2. The zero-order chi connectivity index (χ0) is 30.1. The molecule has 1 aromatic heterocycles. The highest BCUT2D eigenvalue weighted by Gasteiger charge is 2.36. The lowest BCUT2D eigenvalue weighted by Crippen LogP contribution is -2.48. The molecule has 0 aliphatic carbocycles. The molecule has 3 heterocycles. The predicted octanol–water partition coefficient (Wildman–Crippen LogP) is 7.78. The first-order valence-corrected chi connectivity index (χ1v) is 16.8. The van der Waals surface area contributed by atoms with E-state index in [0.717, 1.165) is 57.0 Å². The molecular weight excluding hydrogens is 562 g/mol. The molecule has 226 valence electrons. The van der Waals surface area contributed by atoms with E-state index in [1.165, 1.54) is 37.2 Å². The minimum absolute atomic E-state index is 0.103. The topological polar surface area (TPSA) is 43.9 Å². The summed E-state index contributed by atoms with van der Waals surface area (Å²) < 4.78 is 1.37. The number of thiophene rings is 1. The number of benzene rings is 2. The summed E-state index contributed by atoms with van der Waals surface area (Å²) >= 11 is 8.37. The van der Waals surface area contributed by atoms with Crippen LogP contribution in [0.25, 0.3) is 10.1 Å². The Morgan fingerprint density at radius 3 is 2.38 bits per heavy atom. The smallest absolute Gasteiger partial charge is 0.223 e. The second kappa shape index (κ2) is 13.1. The van der Waals surface area contributed by atoms with Crippen molar-refractivity contribution in [2.75, 3.05) is 32.7 Å². The molecule has 2 aromatic carbocycles. The second-order valence-electron chi connectivity index (χ2n) is 12.8. The summed E-state index contributed by atoms with van der Waals surface area (Å²) in [4.78, 5) is 33.8. The molecule has 0 bridgehead atoms. The minimum Gasteiger partial charge on any atom is -0.343 e. The van der Waals surface area contributed by atoms with Gasteiger partial charge in [-0.15, -0.1) is 11.3 Å². The molecule has 2 aliphatic heterocycles. The van der Waals surface area contributed by atoms with E-state index in [4.69, 9.17) is 11.6 Å². The molecule has 0 spiro atoms. The molecule has 0 saturated carbocycles. The maximum Gasteiger partial charge on any atom is 0.223 e. The van der Waals surface area contributed by atoms with E-state index in [-0.39, 0.29) is 23.9 Å². The normalized spacial score (nSPS) is 19.9. The Bertz CT molecular complexity index is 1440. The lowest BCUT2D eigenvalue weighted by atomic mass is 9.91. The maximum atomic E-state index is 13.9. The number of aryl methyl sites for hydroxylation is 3. The summed E-state index contributed by atoms with van der Waals surface area (Å²) in [7, 11) is 0. The lowest BCUT2D eigenvalue weighted by Gasteiger charge is -2.39. The molecule has 3 aromatic rings. The van der Waals surface area contributed by atoms with Crippen LogP contribution in [0.1, 0.15) is 79.6 Å². The quantitative estimate of drug-likeness (QED) is 0.287.